The van der Waals surface area contributed by atoms with Crippen LogP contribution in [-0.4, -0.2) is 12.5 Å². The number of hydrogen-bond donors (Lipinski definition) is 1. The van der Waals surface area contributed by atoms with Crippen LogP contribution in [-0.2, 0) is 4.79 Å². The van der Waals surface area contributed by atoms with Crippen molar-refractivity contribution >= 4 is 33.6 Å². The van der Waals surface area contributed by atoms with Crippen LogP contribution >= 0.6 is 15.9 Å². The number of anilines is 1. The maximum Gasteiger partial charge on any atom is 0.266 e. The van der Waals surface area contributed by atoms with Crippen LogP contribution < -0.4 is 10.1 Å². The molecule has 0 aliphatic heterocycles. The van der Waals surface area contributed by atoms with Gasteiger partial charge < -0.3 is 10.1 Å². The molecule has 5 heteroatoms. The van der Waals surface area contributed by atoms with Gasteiger partial charge >= 0.3 is 0 Å². The van der Waals surface area contributed by atoms with Crippen molar-refractivity contribution in [3.63, 3.8) is 0 Å². The van der Waals surface area contributed by atoms with E-state index in [-0.39, 0.29) is 5.57 Å². The molecule has 0 bridgehead atoms. The lowest BCUT2D eigenvalue weighted by Gasteiger charge is -2.06. The number of rotatable bonds is 6. The van der Waals surface area contributed by atoms with Crippen LogP contribution in [0.3, 0.4) is 0 Å². The molecule has 0 aliphatic carbocycles. The second-order valence-corrected chi connectivity index (χ2v) is 5.97. The lowest BCUT2D eigenvalue weighted by molar-refractivity contribution is -0.112. The highest BCUT2D eigenvalue weighted by molar-refractivity contribution is 9.10. The molecule has 1 N–H and O–H groups in total. The second kappa shape index (κ2) is 8.90. The van der Waals surface area contributed by atoms with Gasteiger partial charge in [-0.1, -0.05) is 35.0 Å². The zero-order valence-electron chi connectivity index (χ0n) is 13.3. The Bertz CT molecular complexity index is 777. The first-order valence-corrected chi connectivity index (χ1v) is 8.33. The smallest absolute Gasteiger partial charge is 0.266 e. The van der Waals surface area contributed by atoms with E-state index in [1.54, 1.807) is 24.3 Å². The third kappa shape index (κ3) is 5.25. The van der Waals surface area contributed by atoms with Gasteiger partial charge in [-0.25, -0.2) is 0 Å². The molecule has 0 saturated carbocycles. The molecular formula is C19H17BrN2O2. The normalized spacial score (nSPS) is 10.8. The molecule has 0 atom stereocenters. The minimum absolute atomic E-state index is 0.0329. The predicted molar refractivity (Wildman–Crippen MR) is 98.6 cm³/mol. The average Bonchev–Trinajstić information content (AvgIpc) is 2.60. The molecule has 24 heavy (non-hydrogen) atoms. The van der Waals surface area contributed by atoms with Crippen molar-refractivity contribution in [2.45, 2.75) is 13.3 Å². The monoisotopic (exact) mass is 384 g/mol. The Morgan fingerprint density at radius 2 is 2.04 bits per heavy atom. The number of amides is 1. The quantitative estimate of drug-likeness (QED) is 0.575. The number of hydrogen-bond acceptors (Lipinski definition) is 3. The lowest BCUT2D eigenvalue weighted by atomic mass is 10.1. The van der Waals surface area contributed by atoms with Gasteiger partial charge in [-0.05, 0) is 54.5 Å². The summed E-state index contributed by atoms with van der Waals surface area (Å²) in [5, 5.41) is 12.0. The van der Waals surface area contributed by atoms with Crippen LogP contribution in [0.1, 0.15) is 18.9 Å². The summed E-state index contributed by atoms with van der Waals surface area (Å²) in [7, 11) is 0. The summed E-state index contributed by atoms with van der Waals surface area (Å²) in [6.45, 7) is 2.66. The molecule has 0 fully saturated rings. The number of nitrogens with one attached hydrogen (secondary N) is 1. The SMILES string of the molecule is CCCOc1cccc(/C=C(/C#N)C(=O)Nc2ccc(Br)cc2)c1. The van der Waals surface area contributed by atoms with Gasteiger partial charge in [0.05, 0.1) is 6.61 Å². The number of carbonyl (C=O) groups is 1. The van der Waals surface area contributed by atoms with Crippen LogP contribution in [0.2, 0.25) is 0 Å². The summed E-state index contributed by atoms with van der Waals surface area (Å²) in [6.07, 6.45) is 2.46. The zero-order chi connectivity index (χ0) is 17.4. The molecule has 0 saturated heterocycles. The van der Waals surface area contributed by atoms with E-state index in [0.717, 1.165) is 22.2 Å². The zero-order valence-corrected chi connectivity index (χ0v) is 14.8. The van der Waals surface area contributed by atoms with Gasteiger partial charge in [0.15, 0.2) is 0 Å². The first-order chi connectivity index (χ1) is 11.6. The predicted octanol–water partition coefficient (Wildman–Crippen LogP) is 4.78. The maximum atomic E-state index is 12.2. The van der Waals surface area contributed by atoms with E-state index < -0.39 is 5.91 Å². The Hall–Kier alpha value is -2.58. The molecule has 0 spiro atoms. The standard InChI is InChI=1S/C19H17BrN2O2/c1-2-10-24-18-5-3-4-14(12-18)11-15(13-21)19(23)22-17-8-6-16(20)7-9-17/h3-9,11-12H,2,10H2,1H3,(H,22,23)/b15-11-. The third-order valence-electron chi connectivity index (χ3n) is 3.11. The Morgan fingerprint density at radius 3 is 2.71 bits per heavy atom. The van der Waals surface area contributed by atoms with Crippen molar-refractivity contribution in [3.05, 3.63) is 64.1 Å². The van der Waals surface area contributed by atoms with Crippen molar-refractivity contribution in [3.8, 4) is 11.8 Å². The first kappa shape index (κ1) is 17.8. The molecule has 1 amide bonds. The van der Waals surface area contributed by atoms with Crippen molar-refractivity contribution < 1.29 is 9.53 Å². The second-order valence-electron chi connectivity index (χ2n) is 5.05. The molecule has 0 unspecified atom stereocenters. The van der Waals surface area contributed by atoms with E-state index in [1.807, 2.05) is 43.3 Å². The van der Waals surface area contributed by atoms with Crippen LogP contribution in [0.4, 0.5) is 5.69 Å². The van der Waals surface area contributed by atoms with E-state index >= 15 is 0 Å². The Kier molecular flexibility index (Phi) is 6.59. The van der Waals surface area contributed by atoms with Gasteiger partial charge in [-0.3, -0.25) is 4.79 Å². The highest BCUT2D eigenvalue weighted by atomic mass is 79.9. The summed E-state index contributed by atoms with van der Waals surface area (Å²) >= 11 is 3.33. The molecule has 0 radical (unpaired) electrons. The minimum Gasteiger partial charge on any atom is -0.494 e. The number of nitriles is 1. The fourth-order valence-corrected chi connectivity index (χ4v) is 2.23. The van der Waals surface area contributed by atoms with Gasteiger partial charge in [-0.2, -0.15) is 5.26 Å². The Balaban J connectivity index is 2.14. The number of halogens is 1. The fourth-order valence-electron chi connectivity index (χ4n) is 1.96. The number of carbonyl (C=O) groups excluding carboxylic acids is 1. The number of ether oxygens (including phenoxy) is 1. The van der Waals surface area contributed by atoms with E-state index in [4.69, 9.17) is 4.74 Å². The van der Waals surface area contributed by atoms with E-state index in [9.17, 15) is 10.1 Å². The molecule has 2 rings (SSSR count). The van der Waals surface area contributed by atoms with Gasteiger partial charge in [-0.15, -0.1) is 0 Å². The average molecular weight is 385 g/mol. The van der Waals surface area contributed by atoms with Crippen molar-refractivity contribution in [1.82, 2.24) is 0 Å². The van der Waals surface area contributed by atoms with E-state index in [0.29, 0.717) is 12.3 Å². The van der Waals surface area contributed by atoms with Crippen LogP contribution in [0.25, 0.3) is 6.08 Å². The Labute approximate surface area is 149 Å². The number of nitrogens with zero attached hydrogens (tertiary/aromatic N) is 1. The summed E-state index contributed by atoms with van der Waals surface area (Å²) in [5.41, 5.74) is 1.40. The molecule has 2 aromatic rings. The van der Waals surface area contributed by atoms with Crippen LogP contribution in [0.5, 0.6) is 5.75 Å². The van der Waals surface area contributed by atoms with Gasteiger partial charge in [0.25, 0.3) is 5.91 Å². The van der Waals surface area contributed by atoms with Crippen molar-refractivity contribution in [2.24, 2.45) is 0 Å². The highest BCUT2D eigenvalue weighted by Gasteiger charge is 2.09. The molecule has 0 aromatic heterocycles. The summed E-state index contributed by atoms with van der Waals surface area (Å²) in [5.74, 6) is 0.274. The van der Waals surface area contributed by atoms with Crippen molar-refractivity contribution in [2.75, 3.05) is 11.9 Å². The lowest BCUT2D eigenvalue weighted by Crippen LogP contribution is -2.13. The first-order valence-electron chi connectivity index (χ1n) is 7.54. The molecule has 0 aliphatic rings. The molecule has 4 nitrogen and oxygen atoms in total. The summed E-state index contributed by atoms with van der Waals surface area (Å²) < 4.78 is 6.48. The minimum atomic E-state index is -0.445. The van der Waals surface area contributed by atoms with Crippen molar-refractivity contribution in [1.29, 1.82) is 5.26 Å². The fraction of sp³-hybridized carbons (Fsp3) is 0.158. The van der Waals surface area contributed by atoms with Gasteiger partial charge in [0, 0.05) is 10.2 Å². The number of benzene rings is 2. The molecule has 122 valence electrons. The summed E-state index contributed by atoms with van der Waals surface area (Å²) in [6, 6.07) is 16.4. The molecular weight excluding hydrogens is 368 g/mol. The van der Waals surface area contributed by atoms with E-state index in [1.165, 1.54) is 0 Å². The maximum absolute atomic E-state index is 12.2. The van der Waals surface area contributed by atoms with E-state index in [2.05, 4.69) is 21.2 Å². The topological polar surface area (TPSA) is 62.1 Å². The molecule has 2 aromatic carbocycles. The van der Waals surface area contributed by atoms with Gasteiger partial charge in [0.1, 0.15) is 17.4 Å². The van der Waals surface area contributed by atoms with Crippen LogP contribution in [0, 0.1) is 11.3 Å². The van der Waals surface area contributed by atoms with Gasteiger partial charge in [0.2, 0.25) is 0 Å². The highest BCUT2D eigenvalue weighted by Crippen LogP contribution is 2.18. The summed E-state index contributed by atoms with van der Waals surface area (Å²) in [4.78, 5) is 12.2. The van der Waals surface area contributed by atoms with Crippen LogP contribution in [0.15, 0.2) is 58.6 Å². The molecule has 0 heterocycles. The largest absolute Gasteiger partial charge is 0.494 e. The third-order valence-corrected chi connectivity index (χ3v) is 3.64. The Morgan fingerprint density at radius 1 is 1.29 bits per heavy atom.